The number of benzene rings is 2. The number of amides is 1. The number of nitrogens with zero attached hydrogens (tertiary/aromatic N) is 4. The number of carbonyl (C=O) groups is 1. The van der Waals surface area contributed by atoms with Gasteiger partial charge in [-0.1, -0.05) is 42.1 Å². The zero-order valence-corrected chi connectivity index (χ0v) is 19.3. The number of aromatic nitrogens is 4. The molecule has 0 aliphatic heterocycles. The van der Waals surface area contributed by atoms with E-state index in [1.165, 1.54) is 11.8 Å². The zero-order chi connectivity index (χ0) is 23.0. The van der Waals surface area contributed by atoms with Crippen molar-refractivity contribution in [3.63, 3.8) is 0 Å². The van der Waals surface area contributed by atoms with Crippen molar-refractivity contribution in [3.8, 4) is 23.1 Å². The molecule has 1 unspecified atom stereocenters. The molecule has 7 nitrogen and oxygen atoms in total. The molecule has 2 aromatic carbocycles. The Bertz CT molecular complexity index is 1380. The maximum absolute atomic E-state index is 12.7. The van der Waals surface area contributed by atoms with E-state index < -0.39 is 5.54 Å². The Kier molecular flexibility index (Phi) is 5.43. The quantitative estimate of drug-likeness (QED) is 0.395. The van der Waals surface area contributed by atoms with Crippen LogP contribution in [-0.2, 0) is 4.79 Å². The molecule has 166 valence electrons. The van der Waals surface area contributed by atoms with E-state index in [1.54, 1.807) is 6.92 Å². The van der Waals surface area contributed by atoms with E-state index in [0.29, 0.717) is 11.0 Å². The minimum absolute atomic E-state index is 0.155. The molecule has 1 atom stereocenters. The fraction of sp³-hybridized carbons (Fsp3) is 0.280. The van der Waals surface area contributed by atoms with Gasteiger partial charge in [-0.15, -0.1) is 10.2 Å². The van der Waals surface area contributed by atoms with Crippen molar-refractivity contribution in [1.82, 2.24) is 25.1 Å². The number of aryl methyl sites for hydroxylation is 1. The van der Waals surface area contributed by atoms with Crippen molar-refractivity contribution in [2.24, 2.45) is 5.92 Å². The summed E-state index contributed by atoms with van der Waals surface area (Å²) in [5, 5.41) is 23.1. The number of hydrogen-bond acceptors (Lipinski definition) is 5. The topological polar surface area (TPSA) is 99.4 Å². The van der Waals surface area contributed by atoms with Crippen LogP contribution < -0.4 is 5.32 Å². The molecule has 2 heterocycles. The molecule has 0 radical (unpaired) electrons. The van der Waals surface area contributed by atoms with Crippen LogP contribution >= 0.6 is 11.8 Å². The van der Waals surface area contributed by atoms with Crippen LogP contribution in [0.1, 0.15) is 25.3 Å². The molecule has 0 saturated heterocycles. The summed E-state index contributed by atoms with van der Waals surface area (Å²) in [5.41, 5.74) is 3.21. The van der Waals surface area contributed by atoms with Gasteiger partial charge >= 0.3 is 0 Å². The molecule has 0 spiro atoms. The van der Waals surface area contributed by atoms with Crippen LogP contribution in [0.15, 0.2) is 59.9 Å². The fourth-order valence-corrected chi connectivity index (χ4v) is 4.88. The highest BCUT2D eigenvalue weighted by Gasteiger charge is 2.43. The molecule has 1 aliphatic rings. The lowest BCUT2D eigenvalue weighted by Crippen LogP contribution is -2.47. The second-order valence-corrected chi connectivity index (χ2v) is 9.60. The SMILES string of the molecule is Cc1cccc(-n2c(SCC(=O)NC(C)(C#N)C3CC3)nnc2-c2c[nH]c3ccccc23)c1. The summed E-state index contributed by atoms with van der Waals surface area (Å²) in [5.74, 6) is 0.923. The maximum Gasteiger partial charge on any atom is 0.231 e. The van der Waals surface area contributed by atoms with Gasteiger partial charge in [-0.2, -0.15) is 5.26 Å². The van der Waals surface area contributed by atoms with Gasteiger partial charge in [-0.05, 0) is 56.4 Å². The van der Waals surface area contributed by atoms with Crippen molar-refractivity contribution < 1.29 is 4.79 Å². The predicted octanol–water partition coefficient (Wildman–Crippen LogP) is 4.62. The normalized spacial score (nSPS) is 15.2. The summed E-state index contributed by atoms with van der Waals surface area (Å²) in [6.07, 6.45) is 3.90. The highest BCUT2D eigenvalue weighted by Crippen LogP contribution is 2.39. The lowest BCUT2D eigenvalue weighted by molar-refractivity contribution is -0.119. The van der Waals surface area contributed by atoms with Crippen molar-refractivity contribution in [1.29, 1.82) is 5.26 Å². The number of para-hydroxylation sites is 1. The summed E-state index contributed by atoms with van der Waals surface area (Å²) >= 11 is 1.32. The van der Waals surface area contributed by atoms with E-state index in [-0.39, 0.29) is 17.6 Å². The second kappa shape index (κ2) is 8.41. The Morgan fingerprint density at radius 1 is 1.27 bits per heavy atom. The van der Waals surface area contributed by atoms with Gasteiger partial charge in [0.2, 0.25) is 5.91 Å². The smallest absolute Gasteiger partial charge is 0.231 e. The van der Waals surface area contributed by atoms with E-state index in [1.807, 2.05) is 54.1 Å². The van der Waals surface area contributed by atoms with Crippen LogP contribution in [-0.4, -0.2) is 36.9 Å². The molecule has 33 heavy (non-hydrogen) atoms. The minimum atomic E-state index is -0.808. The van der Waals surface area contributed by atoms with Crippen LogP contribution in [0.25, 0.3) is 28.0 Å². The van der Waals surface area contributed by atoms with Gasteiger partial charge < -0.3 is 10.3 Å². The number of fused-ring (bicyclic) bond motifs is 1. The second-order valence-electron chi connectivity index (χ2n) is 8.65. The van der Waals surface area contributed by atoms with Gasteiger partial charge in [0.05, 0.1) is 11.8 Å². The summed E-state index contributed by atoms with van der Waals surface area (Å²) in [4.78, 5) is 16.0. The minimum Gasteiger partial charge on any atom is -0.360 e. The van der Waals surface area contributed by atoms with Crippen LogP contribution in [0.5, 0.6) is 0 Å². The van der Waals surface area contributed by atoms with Crippen molar-refractivity contribution in [2.75, 3.05) is 5.75 Å². The third kappa shape index (κ3) is 4.12. The van der Waals surface area contributed by atoms with Crippen molar-refractivity contribution in [2.45, 2.75) is 37.4 Å². The number of rotatable bonds is 7. The molecular weight excluding hydrogens is 432 g/mol. The Balaban J connectivity index is 1.48. The van der Waals surface area contributed by atoms with Gasteiger partial charge in [0.1, 0.15) is 5.54 Å². The molecule has 1 fully saturated rings. The van der Waals surface area contributed by atoms with Crippen LogP contribution in [0, 0.1) is 24.2 Å². The molecule has 5 rings (SSSR count). The molecule has 4 aromatic rings. The van der Waals surface area contributed by atoms with Crippen molar-refractivity contribution >= 4 is 28.6 Å². The third-order valence-corrected chi connectivity index (χ3v) is 7.01. The molecule has 2 aromatic heterocycles. The van der Waals surface area contributed by atoms with Crippen molar-refractivity contribution in [3.05, 3.63) is 60.3 Å². The largest absolute Gasteiger partial charge is 0.360 e. The zero-order valence-electron chi connectivity index (χ0n) is 18.5. The standard InChI is InChI=1S/C25H24N6OS/c1-16-6-5-7-18(12-16)31-23(20-13-27-21-9-4-3-8-19(20)21)29-30-24(31)33-14-22(32)28-25(2,15-26)17-10-11-17/h3-9,12-13,17,27H,10-11,14H2,1-2H3,(H,28,32). The molecule has 0 bridgehead atoms. The first-order valence-corrected chi connectivity index (χ1v) is 11.9. The summed E-state index contributed by atoms with van der Waals surface area (Å²) < 4.78 is 1.99. The molecule has 2 N–H and O–H groups in total. The number of nitrogens with one attached hydrogen (secondary N) is 2. The third-order valence-electron chi connectivity index (χ3n) is 6.08. The van der Waals surface area contributed by atoms with E-state index >= 15 is 0 Å². The number of H-pyrrole nitrogens is 1. The summed E-state index contributed by atoms with van der Waals surface area (Å²) in [6, 6.07) is 18.5. The van der Waals surface area contributed by atoms with E-state index in [0.717, 1.165) is 40.6 Å². The van der Waals surface area contributed by atoms with Crippen LogP contribution in [0.2, 0.25) is 0 Å². The highest BCUT2D eigenvalue weighted by atomic mass is 32.2. The van der Waals surface area contributed by atoms with Crippen LogP contribution in [0.3, 0.4) is 0 Å². The lowest BCUT2D eigenvalue weighted by atomic mass is 9.98. The number of thioether (sulfide) groups is 1. The molecule has 1 amide bonds. The summed E-state index contributed by atoms with van der Waals surface area (Å²) in [7, 11) is 0. The molecule has 8 heteroatoms. The Morgan fingerprint density at radius 3 is 2.85 bits per heavy atom. The number of hydrogen-bond donors (Lipinski definition) is 2. The number of nitriles is 1. The monoisotopic (exact) mass is 456 g/mol. The van der Waals surface area contributed by atoms with E-state index in [2.05, 4.69) is 38.7 Å². The van der Waals surface area contributed by atoms with Gasteiger partial charge in [-0.3, -0.25) is 9.36 Å². The van der Waals surface area contributed by atoms with Gasteiger partial charge in [-0.25, -0.2) is 0 Å². The average molecular weight is 457 g/mol. The first-order chi connectivity index (χ1) is 16.0. The Labute approximate surface area is 196 Å². The highest BCUT2D eigenvalue weighted by molar-refractivity contribution is 7.99. The fourth-order valence-electron chi connectivity index (χ4n) is 4.13. The number of carbonyl (C=O) groups excluding carboxylic acids is 1. The van der Waals surface area contributed by atoms with E-state index in [4.69, 9.17) is 0 Å². The van der Waals surface area contributed by atoms with Gasteiger partial charge in [0.25, 0.3) is 0 Å². The molecule has 1 aliphatic carbocycles. The van der Waals surface area contributed by atoms with Crippen LogP contribution in [0.4, 0.5) is 0 Å². The first kappa shape index (κ1) is 21.3. The lowest BCUT2D eigenvalue weighted by Gasteiger charge is -2.22. The summed E-state index contributed by atoms with van der Waals surface area (Å²) in [6.45, 7) is 3.84. The number of aromatic amines is 1. The Hall–Kier alpha value is -3.57. The molecular formula is C25H24N6OS. The predicted molar refractivity (Wildman–Crippen MR) is 129 cm³/mol. The van der Waals surface area contributed by atoms with E-state index in [9.17, 15) is 10.1 Å². The first-order valence-electron chi connectivity index (χ1n) is 10.9. The maximum atomic E-state index is 12.7. The van der Waals surface area contributed by atoms with Gasteiger partial charge in [0, 0.05) is 28.4 Å². The molecule has 1 saturated carbocycles. The Morgan fingerprint density at radius 2 is 2.09 bits per heavy atom. The van der Waals surface area contributed by atoms with Gasteiger partial charge in [0.15, 0.2) is 11.0 Å². The average Bonchev–Trinajstić information content (AvgIpc) is 3.47.